The van der Waals surface area contributed by atoms with Crippen LogP contribution in [-0.4, -0.2) is 16.5 Å². The van der Waals surface area contributed by atoms with Crippen molar-refractivity contribution in [2.24, 2.45) is 0 Å². The topological polar surface area (TPSA) is 78.8 Å². The predicted octanol–water partition coefficient (Wildman–Crippen LogP) is 1.98. The van der Waals surface area contributed by atoms with E-state index in [4.69, 9.17) is 11.0 Å². The summed E-state index contributed by atoms with van der Waals surface area (Å²) in [6, 6.07) is 9.78. The molecule has 5 heteroatoms. The molecule has 2 N–H and O–H groups in total. The van der Waals surface area contributed by atoms with Crippen LogP contribution in [0.4, 0.5) is 11.5 Å². The van der Waals surface area contributed by atoms with E-state index in [9.17, 15) is 0 Å². The molecule has 0 saturated carbocycles. The average Bonchev–Trinajstić information content (AvgIpc) is 2.44. The van der Waals surface area contributed by atoms with E-state index in [0.717, 1.165) is 11.3 Å². The minimum Gasteiger partial charge on any atom is -0.384 e. The van der Waals surface area contributed by atoms with E-state index in [0.29, 0.717) is 25.3 Å². The number of aromatic nitrogens is 2. The van der Waals surface area contributed by atoms with Gasteiger partial charge in [0.1, 0.15) is 5.82 Å². The third kappa shape index (κ3) is 3.68. The fourth-order valence-corrected chi connectivity index (χ4v) is 1.83. The van der Waals surface area contributed by atoms with E-state index in [2.05, 4.69) is 20.9 Å². The lowest BCUT2D eigenvalue weighted by molar-refractivity contribution is 0.794. The number of pyridine rings is 2. The number of nitrogen functional groups attached to an aromatic ring is 1. The molecule has 0 aliphatic carbocycles. The Morgan fingerprint density at radius 1 is 1.32 bits per heavy atom. The fraction of sp³-hybridized carbons (Fsp3) is 0.214. The van der Waals surface area contributed by atoms with Gasteiger partial charge in [0.15, 0.2) is 0 Å². The number of nitrogens with two attached hydrogens (primary N) is 1. The molecule has 5 nitrogen and oxygen atoms in total. The number of hydrogen-bond acceptors (Lipinski definition) is 5. The Morgan fingerprint density at radius 3 is 2.89 bits per heavy atom. The highest BCUT2D eigenvalue weighted by atomic mass is 15.1. The molecular weight excluding hydrogens is 238 g/mol. The van der Waals surface area contributed by atoms with E-state index in [1.54, 1.807) is 12.4 Å². The Kier molecular flexibility index (Phi) is 4.29. The Balaban J connectivity index is 2.19. The third-order valence-electron chi connectivity index (χ3n) is 2.72. The molecule has 2 aromatic heterocycles. The lowest BCUT2D eigenvalue weighted by atomic mass is 10.2. The quantitative estimate of drug-likeness (QED) is 0.881. The van der Waals surface area contributed by atoms with Crippen LogP contribution in [0.3, 0.4) is 0 Å². The molecule has 0 radical (unpaired) electrons. The first-order valence-corrected chi connectivity index (χ1v) is 6.02. The summed E-state index contributed by atoms with van der Waals surface area (Å²) in [7, 11) is 0. The van der Waals surface area contributed by atoms with Crippen molar-refractivity contribution >= 4 is 11.5 Å². The zero-order chi connectivity index (χ0) is 13.5. The second-order valence-electron chi connectivity index (χ2n) is 4.13. The Morgan fingerprint density at radius 2 is 2.21 bits per heavy atom. The maximum absolute atomic E-state index is 8.76. The molecule has 0 amide bonds. The molecule has 96 valence electrons. The van der Waals surface area contributed by atoms with Crippen LogP contribution in [0.5, 0.6) is 0 Å². The molecule has 0 aliphatic heterocycles. The molecule has 0 aliphatic rings. The smallest absolute Gasteiger partial charge is 0.125 e. The van der Waals surface area contributed by atoms with Gasteiger partial charge in [-0.3, -0.25) is 4.98 Å². The van der Waals surface area contributed by atoms with Crippen LogP contribution in [0.15, 0.2) is 42.9 Å². The molecule has 2 aromatic rings. The van der Waals surface area contributed by atoms with Crippen molar-refractivity contribution in [3.8, 4) is 6.07 Å². The van der Waals surface area contributed by atoms with Crippen molar-refractivity contribution in [1.29, 1.82) is 5.26 Å². The van der Waals surface area contributed by atoms with Crippen LogP contribution >= 0.6 is 0 Å². The van der Waals surface area contributed by atoms with E-state index in [1.165, 1.54) is 0 Å². The largest absolute Gasteiger partial charge is 0.384 e. The summed E-state index contributed by atoms with van der Waals surface area (Å²) in [5.74, 6) is 0.477. The van der Waals surface area contributed by atoms with E-state index >= 15 is 0 Å². The van der Waals surface area contributed by atoms with Crippen LogP contribution < -0.4 is 10.6 Å². The van der Waals surface area contributed by atoms with Gasteiger partial charge in [0.25, 0.3) is 0 Å². The number of nitrogens with zero attached hydrogens (tertiary/aromatic N) is 4. The van der Waals surface area contributed by atoms with Gasteiger partial charge in [0, 0.05) is 43.4 Å². The zero-order valence-corrected chi connectivity index (χ0v) is 10.5. The first kappa shape index (κ1) is 12.8. The SMILES string of the molecule is N#CCCN(Cc1cccnc1)c1ccnc(N)c1. The molecule has 0 fully saturated rings. The van der Waals surface area contributed by atoms with Crippen molar-refractivity contribution in [1.82, 2.24) is 9.97 Å². The van der Waals surface area contributed by atoms with Crippen molar-refractivity contribution < 1.29 is 0 Å². The molecular formula is C14H15N5. The molecule has 0 unspecified atom stereocenters. The average molecular weight is 253 g/mol. The van der Waals surface area contributed by atoms with Gasteiger partial charge >= 0.3 is 0 Å². The van der Waals surface area contributed by atoms with Gasteiger partial charge < -0.3 is 10.6 Å². The molecule has 0 bridgehead atoms. The molecule has 0 aromatic carbocycles. The summed E-state index contributed by atoms with van der Waals surface area (Å²) >= 11 is 0. The second kappa shape index (κ2) is 6.36. The highest BCUT2D eigenvalue weighted by Gasteiger charge is 2.08. The Labute approximate surface area is 112 Å². The van der Waals surface area contributed by atoms with Gasteiger partial charge in [-0.2, -0.15) is 5.26 Å². The Bertz CT molecular complexity index is 562. The number of rotatable bonds is 5. The van der Waals surface area contributed by atoms with Crippen LogP contribution in [0.25, 0.3) is 0 Å². The molecule has 0 spiro atoms. The fourth-order valence-electron chi connectivity index (χ4n) is 1.83. The van der Waals surface area contributed by atoms with E-state index in [1.807, 2.05) is 30.5 Å². The molecule has 2 heterocycles. The third-order valence-corrected chi connectivity index (χ3v) is 2.72. The van der Waals surface area contributed by atoms with Gasteiger partial charge in [0.2, 0.25) is 0 Å². The molecule has 0 atom stereocenters. The predicted molar refractivity (Wildman–Crippen MR) is 74.2 cm³/mol. The van der Waals surface area contributed by atoms with Crippen LogP contribution in [0, 0.1) is 11.3 Å². The summed E-state index contributed by atoms with van der Waals surface area (Å²) in [5, 5.41) is 8.76. The normalized spacial score (nSPS) is 9.84. The number of anilines is 2. The van der Waals surface area contributed by atoms with Gasteiger partial charge in [-0.25, -0.2) is 4.98 Å². The van der Waals surface area contributed by atoms with Crippen LogP contribution in [0.2, 0.25) is 0 Å². The summed E-state index contributed by atoms with van der Waals surface area (Å²) < 4.78 is 0. The van der Waals surface area contributed by atoms with E-state index < -0.39 is 0 Å². The maximum atomic E-state index is 8.76. The zero-order valence-electron chi connectivity index (χ0n) is 10.5. The van der Waals surface area contributed by atoms with Crippen molar-refractivity contribution in [2.75, 3.05) is 17.2 Å². The lowest BCUT2D eigenvalue weighted by Gasteiger charge is -2.23. The van der Waals surface area contributed by atoms with Gasteiger partial charge in [-0.05, 0) is 17.7 Å². The molecule has 19 heavy (non-hydrogen) atoms. The monoisotopic (exact) mass is 253 g/mol. The van der Waals surface area contributed by atoms with Crippen molar-refractivity contribution in [3.63, 3.8) is 0 Å². The van der Waals surface area contributed by atoms with Gasteiger partial charge in [-0.15, -0.1) is 0 Å². The second-order valence-corrected chi connectivity index (χ2v) is 4.13. The Hall–Kier alpha value is -2.61. The highest BCUT2D eigenvalue weighted by molar-refractivity contribution is 5.52. The standard InChI is InChI=1S/C14H15N5/c15-5-2-8-19(11-12-3-1-6-17-10-12)13-4-7-18-14(16)9-13/h1,3-4,6-7,9-10H,2,8,11H2,(H2,16,18). The first-order chi connectivity index (χ1) is 9.29. The minimum atomic E-state index is 0.461. The summed E-state index contributed by atoms with van der Waals surface area (Å²) in [6.07, 6.45) is 5.70. The molecule has 2 rings (SSSR count). The summed E-state index contributed by atoms with van der Waals surface area (Å²) in [6.45, 7) is 1.34. The van der Waals surface area contributed by atoms with E-state index in [-0.39, 0.29) is 0 Å². The van der Waals surface area contributed by atoms with Crippen molar-refractivity contribution in [3.05, 3.63) is 48.4 Å². The summed E-state index contributed by atoms with van der Waals surface area (Å²) in [5.41, 5.74) is 7.76. The highest BCUT2D eigenvalue weighted by Crippen LogP contribution is 2.18. The molecule has 0 saturated heterocycles. The van der Waals surface area contributed by atoms with Crippen LogP contribution in [-0.2, 0) is 6.54 Å². The van der Waals surface area contributed by atoms with Gasteiger partial charge in [0.05, 0.1) is 12.5 Å². The first-order valence-electron chi connectivity index (χ1n) is 6.02. The lowest BCUT2D eigenvalue weighted by Crippen LogP contribution is -2.23. The van der Waals surface area contributed by atoms with Crippen LogP contribution in [0.1, 0.15) is 12.0 Å². The van der Waals surface area contributed by atoms with Gasteiger partial charge in [-0.1, -0.05) is 6.07 Å². The number of nitriles is 1. The summed E-state index contributed by atoms with van der Waals surface area (Å²) in [4.78, 5) is 10.2. The van der Waals surface area contributed by atoms with Crippen molar-refractivity contribution in [2.45, 2.75) is 13.0 Å². The minimum absolute atomic E-state index is 0.461. The maximum Gasteiger partial charge on any atom is 0.125 e. The number of hydrogen-bond donors (Lipinski definition) is 1.